The molecule has 19 heavy (non-hydrogen) atoms. The molecule has 0 bridgehead atoms. The Kier molecular flexibility index (Phi) is 4.93. The van der Waals surface area contributed by atoms with Crippen molar-refractivity contribution in [2.24, 2.45) is 0 Å². The SMILES string of the molecule is COCc1cc(C(=O)N2CCCC2CCCO)no1. The van der Waals surface area contributed by atoms with Crippen LogP contribution in [-0.4, -0.2) is 47.4 Å². The third-order valence-corrected chi connectivity index (χ3v) is 3.40. The molecule has 0 aliphatic carbocycles. The summed E-state index contributed by atoms with van der Waals surface area (Å²) in [5.74, 6) is 0.462. The van der Waals surface area contributed by atoms with Crippen molar-refractivity contribution in [2.45, 2.75) is 38.3 Å². The van der Waals surface area contributed by atoms with Gasteiger partial charge in [-0.05, 0) is 25.7 Å². The van der Waals surface area contributed by atoms with E-state index in [0.717, 1.165) is 32.2 Å². The molecule has 0 spiro atoms. The molecule has 0 radical (unpaired) electrons. The number of carbonyl (C=O) groups is 1. The normalized spacial score (nSPS) is 19.1. The van der Waals surface area contributed by atoms with Gasteiger partial charge in [-0.1, -0.05) is 5.16 Å². The molecule has 6 heteroatoms. The monoisotopic (exact) mass is 268 g/mol. The number of hydrogen-bond donors (Lipinski definition) is 1. The van der Waals surface area contributed by atoms with Crippen LogP contribution < -0.4 is 0 Å². The van der Waals surface area contributed by atoms with E-state index >= 15 is 0 Å². The average molecular weight is 268 g/mol. The molecule has 0 saturated carbocycles. The van der Waals surface area contributed by atoms with Crippen LogP contribution in [0, 0.1) is 0 Å². The lowest BCUT2D eigenvalue weighted by atomic mass is 10.1. The maximum Gasteiger partial charge on any atom is 0.276 e. The van der Waals surface area contributed by atoms with E-state index in [-0.39, 0.29) is 18.6 Å². The van der Waals surface area contributed by atoms with Crippen molar-refractivity contribution in [1.82, 2.24) is 10.1 Å². The Hall–Kier alpha value is -1.40. The largest absolute Gasteiger partial charge is 0.396 e. The summed E-state index contributed by atoms with van der Waals surface area (Å²) in [4.78, 5) is 14.2. The van der Waals surface area contributed by atoms with E-state index in [4.69, 9.17) is 14.4 Å². The van der Waals surface area contributed by atoms with Crippen molar-refractivity contribution in [3.8, 4) is 0 Å². The Morgan fingerprint density at radius 1 is 1.68 bits per heavy atom. The summed E-state index contributed by atoms with van der Waals surface area (Å²) in [6, 6.07) is 1.84. The highest BCUT2D eigenvalue weighted by Crippen LogP contribution is 2.23. The van der Waals surface area contributed by atoms with Crippen LogP contribution in [0.5, 0.6) is 0 Å². The fourth-order valence-electron chi connectivity index (χ4n) is 2.50. The van der Waals surface area contributed by atoms with Gasteiger partial charge in [0, 0.05) is 32.4 Å². The Bertz CT molecular complexity index is 419. The van der Waals surface area contributed by atoms with Crippen molar-refractivity contribution in [1.29, 1.82) is 0 Å². The molecule has 0 aromatic carbocycles. The second-order valence-corrected chi connectivity index (χ2v) is 4.77. The minimum Gasteiger partial charge on any atom is -0.396 e. The van der Waals surface area contributed by atoms with Gasteiger partial charge in [0.2, 0.25) is 0 Å². The first-order valence-electron chi connectivity index (χ1n) is 6.62. The van der Waals surface area contributed by atoms with Gasteiger partial charge in [0.25, 0.3) is 5.91 Å². The lowest BCUT2D eigenvalue weighted by Gasteiger charge is -2.23. The van der Waals surface area contributed by atoms with E-state index in [0.29, 0.717) is 18.1 Å². The summed E-state index contributed by atoms with van der Waals surface area (Å²) in [5.41, 5.74) is 0.336. The van der Waals surface area contributed by atoms with Crippen LogP contribution in [0.25, 0.3) is 0 Å². The zero-order valence-corrected chi connectivity index (χ0v) is 11.2. The van der Waals surface area contributed by atoms with E-state index in [2.05, 4.69) is 5.16 Å². The smallest absolute Gasteiger partial charge is 0.276 e. The van der Waals surface area contributed by atoms with Crippen LogP contribution in [0.4, 0.5) is 0 Å². The number of aliphatic hydroxyl groups is 1. The second kappa shape index (κ2) is 6.68. The molecular weight excluding hydrogens is 248 g/mol. The van der Waals surface area contributed by atoms with Crippen molar-refractivity contribution in [3.05, 3.63) is 17.5 Å². The molecular formula is C13H20N2O4. The highest BCUT2D eigenvalue weighted by molar-refractivity contribution is 5.92. The summed E-state index contributed by atoms with van der Waals surface area (Å²) >= 11 is 0. The average Bonchev–Trinajstić information content (AvgIpc) is 3.04. The molecule has 2 rings (SSSR count). The van der Waals surface area contributed by atoms with Gasteiger partial charge >= 0.3 is 0 Å². The van der Waals surface area contributed by atoms with Crippen LogP contribution in [0.1, 0.15) is 41.9 Å². The quantitative estimate of drug-likeness (QED) is 0.839. The van der Waals surface area contributed by atoms with Crippen LogP contribution in [-0.2, 0) is 11.3 Å². The minimum absolute atomic E-state index is 0.0912. The van der Waals surface area contributed by atoms with E-state index in [1.54, 1.807) is 13.2 Å². The van der Waals surface area contributed by atoms with E-state index in [1.165, 1.54) is 0 Å². The molecule has 1 fully saturated rings. The summed E-state index contributed by atoms with van der Waals surface area (Å²) in [5, 5.41) is 12.7. The number of aliphatic hydroxyl groups excluding tert-OH is 1. The number of rotatable bonds is 6. The molecule has 1 N–H and O–H groups in total. The number of nitrogens with zero attached hydrogens (tertiary/aromatic N) is 2. The van der Waals surface area contributed by atoms with Crippen LogP contribution in [0.2, 0.25) is 0 Å². The van der Waals surface area contributed by atoms with Gasteiger partial charge in [-0.15, -0.1) is 0 Å². The molecule has 1 aliphatic heterocycles. The van der Waals surface area contributed by atoms with Gasteiger partial charge in [0.1, 0.15) is 6.61 Å². The van der Waals surface area contributed by atoms with Gasteiger partial charge in [-0.2, -0.15) is 0 Å². The lowest BCUT2D eigenvalue weighted by molar-refractivity contribution is 0.0713. The Balaban J connectivity index is 2.00. The number of likely N-dealkylation sites (tertiary alicyclic amines) is 1. The zero-order chi connectivity index (χ0) is 13.7. The maximum atomic E-state index is 12.3. The Morgan fingerprint density at radius 3 is 3.26 bits per heavy atom. The minimum atomic E-state index is -0.0912. The predicted octanol–water partition coefficient (Wildman–Crippen LogP) is 1.20. The number of carbonyl (C=O) groups excluding carboxylic acids is 1. The molecule has 1 atom stereocenters. The third kappa shape index (κ3) is 3.33. The fraction of sp³-hybridized carbons (Fsp3) is 0.692. The molecule has 106 valence electrons. The van der Waals surface area contributed by atoms with Crippen molar-refractivity contribution >= 4 is 5.91 Å². The number of hydrogen-bond acceptors (Lipinski definition) is 5. The van der Waals surface area contributed by atoms with Gasteiger partial charge in [-0.3, -0.25) is 4.79 Å². The second-order valence-electron chi connectivity index (χ2n) is 4.77. The Morgan fingerprint density at radius 2 is 2.53 bits per heavy atom. The Labute approximate surface area is 112 Å². The molecule has 1 unspecified atom stereocenters. The number of amides is 1. The maximum absolute atomic E-state index is 12.3. The first-order valence-corrected chi connectivity index (χ1v) is 6.62. The summed E-state index contributed by atoms with van der Waals surface area (Å²) in [6.07, 6.45) is 3.56. The topological polar surface area (TPSA) is 75.8 Å². The van der Waals surface area contributed by atoms with Crippen molar-refractivity contribution < 1.29 is 19.2 Å². The number of methoxy groups -OCH3 is 1. The highest BCUT2D eigenvalue weighted by atomic mass is 16.5. The summed E-state index contributed by atoms with van der Waals surface area (Å²) in [7, 11) is 1.56. The van der Waals surface area contributed by atoms with Crippen molar-refractivity contribution in [3.63, 3.8) is 0 Å². The first-order chi connectivity index (χ1) is 9.26. The fourth-order valence-corrected chi connectivity index (χ4v) is 2.50. The molecule has 1 aliphatic rings. The van der Waals surface area contributed by atoms with Gasteiger partial charge in [0.05, 0.1) is 0 Å². The molecule has 1 aromatic heterocycles. The zero-order valence-electron chi connectivity index (χ0n) is 11.2. The molecule has 2 heterocycles. The lowest BCUT2D eigenvalue weighted by Crippen LogP contribution is -2.35. The molecule has 6 nitrogen and oxygen atoms in total. The van der Waals surface area contributed by atoms with E-state index < -0.39 is 0 Å². The third-order valence-electron chi connectivity index (χ3n) is 3.40. The van der Waals surface area contributed by atoms with Crippen LogP contribution in [0.3, 0.4) is 0 Å². The number of ether oxygens (including phenoxy) is 1. The van der Waals surface area contributed by atoms with Gasteiger partial charge in [0.15, 0.2) is 11.5 Å². The van der Waals surface area contributed by atoms with Gasteiger partial charge in [-0.25, -0.2) is 0 Å². The summed E-state index contributed by atoms with van der Waals surface area (Å²) in [6.45, 7) is 1.23. The molecule has 1 saturated heterocycles. The number of aromatic nitrogens is 1. The van der Waals surface area contributed by atoms with E-state index in [9.17, 15) is 4.79 Å². The van der Waals surface area contributed by atoms with Crippen LogP contribution >= 0.6 is 0 Å². The highest BCUT2D eigenvalue weighted by Gasteiger charge is 2.30. The van der Waals surface area contributed by atoms with Crippen LogP contribution in [0.15, 0.2) is 10.6 Å². The predicted molar refractivity (Wildman–Crippen MR) is 67.6 cm³/mol. The first kappa shape index (κ1) is 14.0. The summed E-state index contributed by atoms with van der Waals surface area (Å²) < 4.78 is 9.97. The molecule has 1 amide bonds. The van der Waals surface area contributed by atoms with Gasteiger partial charge < -0.3 is 19.3 Å². The van der Waals surface area contributed by atoms with Crippen molar-refractivity contribution in [2.75, 3.05) is 20.3 Å². The molecule has 1 aromatic rings. The standard InChI is InChI=1S/C13H20N2O4/c1-18-9-11-8-12(14-19-11)13(17)15-6-2-4-10(15)5-3-7-16/h8,10,16H,2-7,9H2,1H3. The van der Waals surface area contributed by atoms with E-state index in [1.807, 2.05) is 4.90 Å².